The molecule has 1 atom stereocenters. The molecule has 3 aromatic rings. The number of benzene rings is 3. The summed E-state index contributed by atoms with van der Waals surface area (Å²) in [5, 5.41) is 5.71. The van der Waals surface area contributed by atoms with E-state index in [1.54, 1.807) is 18.2 Å². The molecule has 0 saturated carbocycles. The van der Waals surface area contributed by atoms with E-state index in [-0.39, 0.29) is 30.2 Å². The van der Waals surface area contributed by atoms with E-state index in [9.17, 15) is 14.4 Å². The van der Waals surface area contributed by atoms with E-state index in [0.717, 1.165) is 16.7 Å². The van der Waals surface area contributed by atoms with E-state index >= 15 is 0 Å². The van der Waals surface area contributed by atoms with Gasteiger partial charge < -0.3 is 20.3 Å². The topological polar surface area (TPSA) is 87.7 Å². The lowest BCUT2D eigenvalue weighted by molar-refractivity contribution is -0.118. The number of ether oxygens (including phenoxy) is 1. The average molecular weight is 441 g/mol. The van der Waals surface area contributed by atoms with Gasteiger partial charge in [0.15, 0.2) is 6.61 Å². The number of nitrogens with zero attached hydrogens (tertiary/aromatic N) is 1. The normalized spacial score (nSPS) is 15.2. The highest BCUT2D eigenvalue weighted by molar-refractivity contribution is 6.00. The molecular weight excluding hydrogens is 418 g/mol. The van der Waals surface area contributed by atoms with Crippen LogP contribution in [0.4, 0.5) is 5.69 Å². The lowest BCUT2D eigenvalue weighted by Gasteiger charge is -2.25. The van der Waals surface area contributed by atoms with Crippen LogP contribution in [0.5, 0.6) is 5.75 Å². The van der Waals surface area contributed by atoms with Crippen LogP contribution in [0, 0.1) is 0 Å². The van der Waals surface area contributed by atoms with Crippen molar-refractivity contribution in [2.24, 2.45) is 0 Å². The van der Waals surface area contributed by atoms with Gasteiger partial charge in [-0.15, -0.1) is 0 Å². The van der Waals surface area contributed by atoms with Gasteiger partial charge in [-0.3, -0.25) is 14.4 Å². The molecule has 0 aromatic heterocycles. The van der Waals surface area contributed by atoms with Gasteiger partial charge in [0.2, 0.25) is 0 Å². The summed E-state index contributed by atoms with van der Waals surface area (Å²) in [4.78, 5) is 39.2. The summed E-state index contributed by atoms with van der Waals surface area (Å²) in [7, 11) is 0. The van der Waals surface area contributed by atoms with Crippen molar-refractivity contribution in [2.75, 3.05) is 25.0 Å². The first-order valence-electron chi connectivity index (χ1n) is 10.9. The van der Waals surface area contributed by atoms with Crippen molar-refractivity contribution in [1.29, 1.82) is 0 Å². The lowest BCUT2D eigenvalue weighted by Crippen LogP contribution is -2.36. The molecule has 2 aliphatic heterocycles. The molecule has 3 amide bonds. The molecule has 2 heterocycles. The third-order valence-electron chi connectivity index (χ3n) is 5.99. The van der Waals surface area contributed by atoms with Gasteiger partial charge in [-0.2, -0.15) is 0 Å². The Morgan fingerprint density at radius 3 is 2.64 bits per heavy atom. The maximum Gasteiger partial charge on any atom is 0.262 e. The van der Waals surface area contributed by atoms with E-state index in [1.165, 1.54) is 0 Å². The fourth-order valence-electron chi connectivity index (χ4n) is 4.28. The summed E-state index contributed by atoms with van der Waals surface area (Å²) >= 11 is 0. The average Bonchev–Trinajstić information content (AvgIpc) is 3.16. The van der Waals surface area contributed by atoms with Gasteiger partial charge in [0, 0.05) is 36.7 Å². The molecule has 0 fully saturated rings. The molecule has 3 aromatic carbocycles. The molecule has 2 N–H and O–H groups in total. The Kier molecular flexibility index (Phi) is 5.52. The molecule has 1 unspecified atom stereocenters. The summed E-state index contributed by atoms with van der Waals surface area (Å²) in [6, 6.07) is 22.5. The first kappa shape index (κ1) is 20.8. The summed E-state index contributed by atoms with van der Waals surface area (Å²) < 4.78 is 5.36. The van der Waals surface area contributed by atoms with E-state index < -0.39 is 0 Å². The summed E-state index contributed by atoms with van der Waals surface area (Å²) in [5.41, 5.74) is 3.73. The summed E-state index contributed by atoms with van der Waals surface area (Å²) in [6.45, 7) is 1.39. The first-order chi connectivity index (χ1) is 16.1. The third-order valence-corrected chi connectivity index (χ3v) is 5.99. The Bertz CT molecular complexity index is 1230. The highest BCUT2D eigenvalue weighted by Crippen LogP contribution is 2.29. The second-order valence-electron chi connectivity index (χ2n) is 8.21. The molecule has 7 nitrogen and oxygen atoms in total. The van der Waals surface area contributed by atoms with Crippen LogP contribution in [0.2, 0.25) is 0 Å². The Labute approximate surface area is 191 Å². The fourth-order valence-corrected chi connectivity index (χ4v) is 4.28. The predicted molar refractivity (Wildman–Crippen MR) is 123 cm³/mol. The zero-order valence-electron chi connectivity index (χ0n) is 17.9. The number of nitrogens with one attached hydrogen (secondary N) is 2. The molecule has 0 saturated heterocycles. The monoisotopic (exact) mass is 441 g/mol. The SMILES string of the molecule is O=C1COc2ccc(C(=O)NCC(CN3Cc4ccccc4C3=O)c3ccccc3)cc2N1. The van der Waals surface area contributed by atoms with Crippen molar-refractivity contribution >= 4 is 23.4 Å². The van der Waals surface area contributed by atoms with Crippen LogP contribution in [0.25, 0.3) is 0 Å². The minimum absolute atomic E-state index is 0.0169. The number of anilines is 1. The molecule has 166 valence electrons. The molecule has 5 rings (SSSR count). The minimum Gasteiger partial charge on any atom is -0.482 e. The maximum absolute atomic E-state index is 12.9. The summed E-state index contributed by atoms with van der Waals surface area (Å²) in [6.07, 6.45) is 0. The van der Waals surface area contributed by atoms with Crippen LogP contribution < -0.4 is 15.4 Å². The van der Waals surface area contributed by atoms with Crippen LogP contribution in [-0.2, 0) is 11.3 Å². The molecule has 33 heavy (non-hydrogen) atoms. The number of amides is 3. The zero-order chi connectivity index (χ0) is 22.8. The van der Waals surface area contributed by atoms with Crippen LogP contribution >= 0.6 is 0 Å². The smallest absolute Gasteiger partial charge is 0.262 e. The number of fused-ring (bicyclic) bond motifs is 2. The number of rotatable bonds is 6. The quantitative estimate of drug-likeness (QED) is 0.615. The third kappa shape index (κ3) is 4.30. The molecule has 7 heteroatoms. The Hall–Kier alpha value is -4.13. The Balaban J connectivity index is 1.30. The predicted octanol–water partition coefficient (Wildman–Crippen LogP) is 3.19. The van der Waals surface area contributed by atoms with Crippen LogP contribution in [0.15, 0.2) is 72.8 Å². The first-order valence-corrected chi connectivity index (χ1v) is 10.9. The van der Waals surface area contributed by atoms with Crippen molar-refractivity contribution in [3.8, 4) is 5.75 Å². The van der Waals surface area contributed by atoms with Gasteiger partial charge in [0.1, 0.15) is 5.75 Å². The summed E-state index contributed by atoms with van der Waals surface area (Å²) in [5.74, 6) is -0.0205. The second kappa shape index (κ2) is 8.78. The second-order valence-corrected chi connectivity index (χ2v) is 8.21. The van der Waals surface area contributed by atoms with Crippen molar-refractivity contribution in [3.05, 3.63) is 95.1 Å². The highest BCUT2D eigenvalue weighted by Gasteiger charge is 2.29. The molecule has 0 bridgehead atoms. The standard InChI is InChI=1S/C26H23N3O4/c30-24-16-33-23-11-10-18(12-22(23)28-24)25(31)27-13-20(17-6-2-1-3-7-17)15-29-14-19-8-4-5-9-21(19)26(29)32/h1-12,20H,13-16H2,(H,27,31)(H,28,30). The van der Waals surface area contributed by atoms with Crippen LogP contribution in [-0.4, -0.2) is 42.3 Å². The molecular formula is C26H23N3O4. The largest absolute Gasteiger partial charge is 0.482 e. The number of hydrogen-bond donors (Lipinski definition) is 2. The highest BCUT2D eigenvalue weighted by atomic mass is 16.5. The molecule has 0 aliphatic carbocycles. The van der Waals surface area contributed by atoms with Crippen molar-refractivity contribution in [2.45, 2.75) is 12.5 Å². The lowest BCUT2D eigenvalue weighted by atomic mass is 9.98. The maximum atomic E-state index is 12.9. The molecule has 2 aliphatic rings. The van der Waals surface area contributed by atoms with Gasteiger partial charge in [0.05, 0.1) is 5.69 Å². The van der Waals surface area contributed by atoms with E-state index in [2.05, 4.69) is 10.6 Å². The van der Waals surface area contributed by atoms with E-state index in [4.69, 9.17) is 4.74 Å². The van der Waals surface area contributed by atoms with Gasteiger partial charge in [-0.25, -0.2) is 0 Å². The van der Waals surface area contributed by atoms with Crippen molar-refractivity contribution in [1.82, 2.24) is 10.2 Å². The van der Waals surface area contributed by atoms with Gasteiger partial charge in [0.25, 0.3) is 17.7 Å². The van der Waals surface area contributed by atoms with Crippen molar-refractivity contribution < 1.29 is 19.1 Å². The van der Waals surface area contributed by atoms with Crippen LogP contribution in [0.1, 0.15) is 37.8 Å². The fraction of sp³-hybridized carbons (Fsp3) is 0.192. The zero-order valence-corrected chi connectivity index (χ0v) is 17.9. The van der Waals surface area contributed by atoms with Gasteiger partial charge in [-0.05, 0) is 35.4 Å². The van der Waals surface area contributed by atoms with Crippen LogP contribution in [0.3, 0.4) is 0 Å². The Morgan fingerprint density at radius 2 is 1.82 bits per heavy atom. The number of hydrogen-bond acceptors (Lipinski definition) is 4. The Morgan fingerprint density at radius 1 is 1.03 bits per heavy atom. The van der Waals surface area contributed by atoms with Gasteiger partial charge in [-0.1, -0.05) is 48.5 Å². The molecule has 0 spiro atoms. The molecule has 0 radical (unpaired) electrons. The number of carbonyl (C=O) groups is 3. The van der Waals surface area contributed by atoms with E-state index in [1.807, 2.05) is 59.5 Å². The van der Waals surface area contributed by atoms with Crippen molar-refractivity contribution in [3.63, 3.8) is 0 Å². The number of carbonyl (C=O) groups excluding carboxylic acids is 3. The minimum atomic E-state index is -0.255. The van der Waals surface area contributed by atoms with E-state index in [0.29, 0.717) is 36.6 Å². The van der Waals surface area contributed by atoms with Gasteiger partial charge >= 0.3 is 0 Å².